The van der Waals surface area contributed by atoms with Crippen LogP contribution in [0.5, 0.6) is 0 Å². The Labute approximate surface area is 137 Å². The first-order valence-electron chi connectivity index (χ1n) is 8.96. The predicted molar refractivity (Wildman–Crippen MR) is 85.8 cm³/mol. The van der Waals surface area contributed by atoms with Crippen molar-refractivity contribution in [3.63, 3.8) is 0 Å². The average molecular weight is 318 g/mol. The monoisotopic (exact) mass is 318 g/mol. The summed E-state index contributed by atoms with van der Waals surface area (Å²) in [5, 5.41) is 0. The number of allylic oxidation sites excluding steroid dienone is 3. The quantitative estimate of drug-likeness (QED) is 0.392. The molecule has 23 heavy (non-hydrogen) atoms. The number of esters is 1. The van der Waals surface area contributed by atoms with Gasteiger partial charge in [0, 0.05) is 0 Å². The standard InChI is InChI=1S/C19H26O4/c1-12(4-2-7-15-9-21-15)17-13-5-3-6-14(8-13)18(17)19(20)23-11-16-10-22-16/h3,5,13-18H,1-2,4,6-11H2/t13?,14-,15?,16?,17?,18?/m1/s1. The van der Waals surface area contributed by atoms with Crippen LogP contribution < -0.4 is 0 Å². The number of ether oxygens (including phenoxy) is 3. The van der Waals surface area contributed by atoms with E-state index in [2.05, 4.69) is 18.7 Å². The van der Waals surface area contributed by atoms with Crippen molar-refractivity contribution in [2.75, 3.05) is 19.8 Å². The van der Waals surface area contributed by atoms with E-state index in [1.165, 1.54) is 5.57 Å². The molecule has 0 spiro atoms. The van der Waals surface area contributed by atoms with Gasteiger partial charge in [0.05, 0.1) is 25.2 Å². The molecule has 4 heteroatoms. The normalized spacial score (nSPS) is 40.0. The van der Waals surface area contributed by atoms with Gasteiger partial charge in [-0.3, -0.25) is 4.79 Å². The van der Waals surface area contributed by atoms with Gasteiger partial charge in [0.25, 0.3) is 0 Å². The first-order chi connectivity index (χ1) is 11.2. The number of hydrogen-bond donors (Lipinski definition) is 0. The maximum absolute atomic E-state index is 12.7. The highest BCUT2D eigenvalue weighted by Crippen LogP contribution is 2.51. The molecule has 3 fully saturated rings. The minimum atomic E-state index is -0.0339. The maximum atomic E-state index is 12.7. The lowest BCUT2D eigenvalue weighted by atomic mass is 9.80. The summed E-state index contributed by atoms with van der Waals surface area (Å²) >= 11 is 0. The molecule has 0 radical (unpaired) electrons. The summed E-state index contributed by atoms with van der Waals surface area (Å²) in [4.78, 5) is 12.7. The summed E-state index contributed by atoms with van der Waals surface area (Å²) in [6, 6.07) is 0. The number of epoxide rings is 2. The van der Waals surface area contributed by atoms with E-state index >= 15 is 0 Å². The molecule has 0 amide bonds. The smallest absolute Gasteiger partial charge is 0.309 e. The van der Waals surface area contributed by atoms with E-state index < -0.39 is 0 Å². The van der Waals surface area contributed by atoms with Crippen LogP contribution in [0.15, 0.2) is 24.3 Å². The largest absolute Gasteiger partial charge is 0.463 e. The van der Waals surface area contributed by atoms with Crippen molar-refractivity contribution in [2.45, 2.75) is 44.3 Å². The lowest BCUT2D eigenvalue weighted by Crippen LogP contribution is -2.29. The molecule has 1 saturated carbocycles. The summed E-state index contributed by atoms with van der Waals surface area (Å²) in [6.45, 7) is 6.41. The minimum absolute atomic E-state index is 0.0153. The molecular weight excluding hydrogens is 292 g/mol. The van der Waals surface area contributed by atoms with Crippen LogP contribution in [-0.2, 0) is 19.0 Å². The molecule has 126 valence electrons. The van der Waals surface area contributed by atoms with E-state index in [1.54, 1.807) is 0 Å². The van der Waals surface area contributed by atoms with E-state index in [9.17, 15) is 4.79 Å². The van der Waals surface area contributed by atoms with Gasteiger partial charge in [-0.05, 0) is 49.9 Å². The third-order valence-corrected chi connectivity index (χ3v) is 5.74. The van der Waals surface area contributed by atoms with Crippen molar-refractivity contribution in [2.24, 2.45) is 23.7 Å². The Morgan fingerprint density at radius 3 is 2.74 bits per heavy atom. The third-order valence-electron chi connectivity index (χ3n) is 5.74. The summed E-state index contributed by atoms with van der Waals surface area (Å²) in [5.74, 6) is 1.09. The van der Waals surface area contributed by atoms with Crippen molar-refractivity contribution in [1.82, 2.24) is 0 Å². The Bertz CT molecular complexity index is 503. The fraction of sp³-hybridized carbons (Fsp3) is 0.737. The van der Waals surface area contributed by atoms with Gasteiger partial charge in [-0.25, -0.2) is 0 Å². The molecule has 6 atom stereocenters. The van der Waals surface area contributed by atoms with Gasteiger partial charge >= 0.3 is 5.97 Å². The molecular formula is C19H26O4. The fourth-order valence-corrected chi connectivity index (χ4v) is 4.36. The van der Waals surface area contributed by atoms with Crippen molar-refractivity contribution in [3.8, 4) is 0 Å². The van der Waals surface area contributed by atoms with E-state index in [1.807, 2.05) is 0 Å². The van der Waals surface area contributed by atoms with Gasteiger partial charge in [-0.1, -0.05) is 24.3 Å². The maximum Gasteiger partial charge on any atom is 0.309 e. The van der Waals surface area contributed by atoms with Gasteiger partial charge in [-0.15, -0.1) is 0 Å². The van der Waals surface area contributed by atoms with Crippen LogP contribution in [0.3, 0.4) is 0 Å². The zero-order valence-electron chi connectivity index (χ0n) is 13.6. The Hall–Kier alpha value is -1.13. The number of fused-ring (bicyclic) bond motifs is 2. The highest BCUT2D eigenvalue weighted by molar-refractivity contribution is 5.74. The molecule has 2 bridgehead atoms. The Morgan fingerprint density at radius 2 is 2.00 bits per heavy atom. The average Bonchev–Trinajstić information content (AvgIpc) is 3.44. The molecule has 4 rings (SSSR count). The van der Waals surface area contributed by atoms with E-state index in [0.717, 1.165) is 45.3 Å². The third kappa shape index (κ3) is 3.53. The number of hydrogen-bond acceptors (Lipinski definition) is 4. The van der Waals surface area contributed by atoms with E-state index in [0.29, 0.717) is 24.5 Å². The number of carbonyl (C=O) groups excluding carboxylic acids is 1. The zero-order chi connectivity index (χ0) is 15.8. The van der Waals surface area contributed by atoms with Crippen molar-refractivity contribution < 1.29 is 19.0 Å². The predicted octanol–water partition coefficient (Wildman–Crippen LogP) is 2.88. The summed E-state index contributed by atoms with van der Waals surface area (Å²) in [5.41, 5.74) is 1.23. The number of rotatable bonds is 8. The molecule has 4 nitrogen and oxygen atoms in total. The Morgan fingerprint density at radius 1 is 1.22 bits per heavy atom. The highest BCUT2D eigenvalue weighted by Gasteiger charge is 2.48. The van der Waals surface area contributed by atoms with E-state index in [4.69, 9.17) is 14.2 Å². The van der Waals surface area contributed by atoms with Crippen LogP contribution >= 0.6 is 0 Å². The lowest BCUT2D eigenvalue weighted by Gasteiger charge is -2.25. The lowest BCUT2D eigenvalue weighted by molar-refractivity contribution is -0.151. The van der Waals surface area contributed by atoms with Gasteiger partial charge in [0.2, 0.25) is 0 Å². The van der Waals surface area contributed by atoms with Crippen LogP contribution in [0, 0.1) is 23.7 Å². The Kier molecular flexibility index (Phi) is 4.29. The van der Waals surface area contributed by atoms with Crippen molar-refractivity contribution >= 4 is 5.97 Å². The molecule has 4 aliphatic rings. The first kappa shape index (κ1) is 15.4. The SMILES string of the molecule is C=C(CCCC1CO1)C1C2C=CC[C@H](C2)C1C(=O)OCC1CO1. The molecule has 0 aromatic rings. The van der Waals surface area contributed by atoms with Gasteiger partial charge in [-0.2, -0.15) is 0 Å². The first-order valence-corrected chi connectivity index (χ1v) is 8.96. The second-order valence-electron chi connectivity index (χ2n) is 7.47. The van der Waals surface area contributed by atoms with Crippen LogP contribution in [-0.4, -0.2) is 38.0 Å². The topological polar surface area (TPSA) is 51.4 Å². The second kappa shape index (κ2) is 6.40. The van der Waals surface area contributed by atoms with Crippen molar-refractivity contribution in [3.05, 3.63) is 24.3 Å². The summed E-state index contributed by atoms with van der Waals surface area (Å²) < 4.78 is 16.0. The molecule has 2 aliphatic heterocycles. The summed E-state index contributed by atoms with van der Waals surface area (Å²) in [6.07, 6.45) is 10.5. The molecule has 2 saturated heterocycles. The molecule has 0 N–H and O–H groups in total. The van der Waals surface area contributed by atoms with Crippen LogP contribution in [0.2, 0.25) is 0 Å². The molecule has 2 aliphatic carbocycles. The van der Waals surface area contributed by atoms with Gasteiger partial charge in [0.1, 0.15) is 12.7 Å². The van der Waals surface area contributed by atoms with Crippen LogP contribution in [0.4, 0.5) is 0 Å². The van der Waals surface area contributed by atoms with Crippen LogP contribution in [0.25, 0.3) is 0 Å². The van der Waals surface area contributed by atoms with Crippen LogP contribution in [0.1, 0.15) is 32.1 Å². The molecule has 0 aromatic carbocycles. The molecule has 0 aromatic heterocycles. The zero-order valence-corrected chi connectivity index (χ0v) is 13.6. The minimum Gasteiger partial charge on any atom is -0.463 e. The fourth-order valence-electron chi connectivity index (χ4n) is 4.36. The number of carbonyl (C=O) groups is 1. The van der Waals surface area contributed by atoms with E-state index in [-0.39, 0.29) is 23.9 Å². The molecule has 2 heterocycles. The van der Waals surface area contributed by atoms with Crippen molar-refractivity contribution in [1.29, 1.82) is 0 Å². The molecule has 5 unspecified atom stereocenters. The summed E-state index contributed by atoms with van der Waals surface area (Å²) in [7, 11) is 0. The highest BCUT2D eigenvalue weighted by atomic mass is 16.6. The van der Waals surface area contributed by atoms with Gasteiger partial charge < -0.3 is 14.2 Å². The Balaban J connectivity index is 1.38. The second-order valence-corrected chi connectivity index (χ2v) is 7.47. The van der Waals surface area contributed by atoms with Gasteiger partial charge in [0.15, 0.2) is 0 Å².